The van der Waals surface area contributed by atoms with Gasteiger partial charge in [-0.2, -0.15) is 8.78 Å². The Morgan fingerprint density at radius 3 is 2.48 bits per heavy atom. The number of hydrogen-bond donors (Lipinski definition) is 0. The van der Waals surface area contributed by atoms with E-state index in [0.717, 1.165) is 4.90 Å². The predicted octanol–water partition coefficient (Wildman–Crippen LogP) is 3.65. The first-order chi connectivity index (χ1) is 9.97. The van der Waals surface area contributed by atoms with Gasteiger partial charge in [0, 0.05) is 11.8 Å². The molecule has 0 fully saturated rings. The fourth-order valence-corrected chi connectivity index (χ4v) is 2.56. The van der Waals surface area contributed by atoms with E-state index in [1.807, 2.05) is 0 Å². The molecule has 3 nitrogen and oxygen atoms in total. The zero-order valence-electron chi connectivity index (χ0n) is 11.8. The number of nitrogens with zero attached hydrogens (tertiary/aromatic N) is 2. The number of hydrogen-bond acceptors (Lipinski definition) is 3. The van der Waals surface area contributed by atoms with Crippen molar-refractivity contribution in [1.82, 2.24) is 4.90 Å². The van der Waals surface area contributed by atoms with E-state index in [9.17, 15) is 0 Å². The summed E-state index contributed by atoms with van der Waals surface area (Å²) in [5.74, 6) is 0.201. The third kappa shape index (κ3) is 2.00. The van der Waals surface area contributed by atoms with Gasteiger partial charge in [0.25, 0.3) is 5.72 Å². The highest BCUT2D eigenvalue weighted by Gasteiger charge is 2.65. The van der Waals surface area contributed by atoms with Crippen LogP contribution in [0.15, 0.2) is 59.8 Å². The first kappa shape index (κ1) is 13.9. The summed E-state index contributed by atoms with van der Waals surface area (Å²) >= 11 is 0. The van der Waals surface area contributed by atoms with Crippen LogP contribution in [0.25, 0.3) is 0 Å². The first-order valence-electron chi connectivity index (χ1n) is 6.82. The van der Waals surface area contributed by atoms with Gasteiger partial charge in [0.15, 0.2) is 0 Å². The molecule has 110 valence electrons. The van der Waals surface area contributed by atoms with Crippen molar-refractivity contribution in [3.8, 4) is 0 Å². The van der Waals surface area contributed by atoms with E-state index in [0.29, 0.717) is 5.56 Å². The minimum Gasteiger partial charge on any atom is -0.340 e. The standard InChI is InChI=1S/C16H16F2N2O/c1-12(2)21-15(13-8-4-3-5-9-13)16(17,18)20-11-7-6-10-14(20)19-15/h3-12H,1-2H3. The van der Waals surface area contributed by atoms with Crippen LogP contribution in [0.2, 0.25) is 0 Å². The number of fused-ring (bicyclic) bond motifs is 1. The van der Waals surface area contributed by atoms with Crippen molar-refractivity contribution < 1.29 is 13.5 Å². The van der Waals surface area contributed by atoms with Crippen molar-refractivity contribution in [2.45, 2.75) is 31.7 Å². The molecule has 0 saturated carbocycles. The molecule has 1 aromatic carbocycles. The Morgan fingerprint density at radius 1 is 1.14 bits per heavy atom. The van der Waals surface area contributed by atoms with Gasteiger partial charge in [-0.05, 0) is 26.0 Å². The van der Waals surface area contributed by atoms with Crippen LogP contribution >= 0.6 is 0 Å². The molecule has 0 radical (unpaired) electrons. The van der Waals surface area contributed by atoms with E-state index in [1.54, 1.807) is 62.4 Å². The maximum Gasteiger partial charge on any atom is 0.384 e. The van der Waals surface area contributed by atoms with Crippen molar-refractivity contribution in [3.05, 3.63) is 60.3 Å². The summed E-state index contributed by atoms with van der Waals surface area (Å²) in [5, 5.41) is 0. The molecule has 0 spiro atoms. The Hall–Kier alpha value is -2.01. The fraction of sp³-hybridized carbons (Fsp3) is 0.312. The largest absolute Gasteiger partial charge is 0.384 e. The molecule has 0 aromatic heterocycles. The molecule has 3 rings (SSSR count). The third-order valence-electron chi connectivity index (χ3n) is 3.39. The average molecular weight is 290 g/mol. The quantitative estimate of drug-likeness (QED) is 0.794. The third-order valence-corrected chi connectivity index (χ3v) is 3.39. The molecule has 0 amide bonds. The minimum atomic E-state index is -3.30. The van der Waals surface area contributed by atoms with Crippen LogP contribution in [0.5, 0.6) is 0 Å². The van der Waals surface area contributed by atoms with E-state index in [4.69, 9.17) is 4.74 Å². The Morgan fingerprint density at radius 2 is 1.86 bits per heavy atom. The van der Waals surface area contributed by atoms with Crippen LogP contribution in [0.1, 0.15) is 19.4 Å². The van der Waals surface area contributed by atoms with Gasteiger partial charge in [0.2, 0.25) is 0 Å². The van der Waals surface area contributed by atoms with E-state index in [2.05, 4.69) is 4.99 Å². The van der Waals surface area contributed by atoms with E-state index in [1.165, 1.54) is 6.20 Å². The number of amidine groups is 1. The summed E-state index contributed by atoms with van der Waals surface area (Å²) in [6.45, 7) is 3.45. The zero-order valence-corrected chi connectivity index (χ0v) is 11.8. The first-order valence-corrected chi connectivity index (χ1v) is 6.82. The van der Waals surface area contributed by atoms with Crippen LogP contribution in [0, 0.1) is 0 Å². The molecule has 2 aliphatic rings. The second-order valence-corrected chi connectivity index (χ2v) is 5.26. The molecule has 0 saturated heterocycles. The van der Waals surface area contributed by atoms with Crippen molar-refractivity contribution in [2.75, 3.05) is 0 Å². The lowest BCUT2D eigenvalue weighted by atomic mass is 10.0. The average Bonchev–Trinajstić information content (AvgIpc) is 2.68. The van der Waals surface area contributed by atoms with Gasteiger partial charge in [-0.1, -0.05) is 36.4 Å². The Labute approximate surface area is 122 Å². The number of allylic oxidation sites excluding steroid dienone is 2. The van der Waals surface area contributed by atoms with Crippen LogP contribution in [-0.2, 0) is 10.5 Å². The summed E-state index contributed by atoms with van der Waals surface area (Å²) in [5.41, 5.74) is -1.69. The summed E-state index contributed by atoms with van der Waals surface area (Å²) in [6.07, 6.45) is 5.73. The van der Waals surface area contributed by atoms with Crippen LogP contribution in [0.4, 0.5) is 8.78 Å². The maximum absolute atomic E-state index is 15.0. The SMILES string of the molecule is CC(C)OC1(c2ccccc2)N=C2C=CC=CN2C1(F)F. The van der Waals surface area contributed by atoms with E-state index >= 15 is 8.78 Å². The maximum atomic E-state index is 15.0. The summed E-state index contributed by atoms with van der Waals surface area (Å²) < 4.78 is 35.7. The molecule has 5 heteroatoms. The zero-order chi connectivity index (χ0) is 15.1. The van der Waals surface area contributed by atoms with Gasteiger partial charge in [-0.25, -0.2) is 4.99 Å². The van der Waals surface area contributed by atoms with E-state index in [-0.39, 0.29) is 5.84 Å². The highest BCUT2D eigenvalue weighted by atomic mass is 19.3. The lowest BCUT2D eigenvalue weighted by molar-refractivity contribution is -0.255. The molecule has 21 heavy (non-hydrogen) atoms. The van der Waals surface area contributed by atoms with Crippen LogP contribution in [0.3, 0.4) is 0 Å². The lowest BCUT2D eigenvalue weighted by Gasteiger charge is -2.37. The molecule has 0 aliphatic carbocycles. The Bertz CT molecular complexity index is 622. The highest BCUT2D eigenvalue weighted by molar-refractivity contribution is 5.97. The Kier molecular flexibility index (Phi) is 3.17. The second-order valence-electron chi connectivity index (χ2n) is 5.26. The fourth-order valence-electron chi connectivity index (χ4n) is 2.56. The van der Waals surface area contributed by atoms with Crippen molar-refractivity contribution >= 4 is 5.84 Å². The van der Waals surface area contributed by atoms with Gasteiger partial charge in [0.05, 0.1) is 6.10 Å². The smallest absolute Gasteiger partial charge is 0.340 e. The Balaban J connectivity index is 2.19. The number of aliphatic imine (C=N–C) groups is 1. The van der Waals surface area contributed by atoms with Gasteiger partial charge < -0.3 is 4.74 Å². The second kappa shape index (κ2) is 4.77. The molecule has 2 heterocycles. The minimum absolute atomic E-state index is 0.201. The number of rotatable bonds is 3. The molecule has 2 aliphatic heterocycles. The molecule has 0 bridgehead atoms. The highest BCUT2D eigenvalue weighted by Crippen LogP contribution is 2.50. The lowest BCUT2D eigenvalue weighted by Crippen LogP contribution is -2.52. The normalized spacial score (nSPS) is 26.1. The number of halogens is 2. The molecular weight excluding hydrogens is 274 g/mol. The molecule has 0 N–H and O–H groups in total. The summed E-state index contributed by atoms with van der Waals surface area (Å²) in [7, 11) is 0. The summed E-state index contributed by atoms with van der Waals surface area (Å²) in [6, 6.07) is 5.13. The van der Waals surface area contributed by atoms with E-state index < -0.39 is 17.9 Å². The van der Waals surface area contributed by atoms with Gasteiger partial charge in [-0.15, -0.1) is 0 Å². The topological polar surface area (TPSA) is 24.8 Å². The summed E-state index contributed by atoms with van der Waals surface area (Å²) in [4.78, 5) is 5.10. The van der Waals surface area contributed by atoms with Crippen molar-refractivity contribution in [3.63, 3.8) is 0 Å². The van der Waals surface area contributed by atoms with Gasteiger partial charge >= 0.3 is 6.05 Å². The molecule has 1 unspecified atom stereocenters. The number of alkyl halides is 2. The van der Waals surface area contributed by atoms with Gasteiger partial charge in [0.1, 0.15) is 5.84 Å². The van der Waals surface area contributed by atoms with Gasteiger partial charge in [-0.3, -0.25) is 4.90 Å². The van der Waals surface area contributed by atoms with Crippen molar-refractivity contribution in [1.29, 1.82) is 0 Å². The van der Waals surface area contributed by atoms with Crippen LogP contribution < -0.4 is 0 Å². The monoisotopic (exact) mass is 290 g/mol. The molecule has 1 atom stereocenters. The van der Waals surface area contributed by atoms with Crippen molar-refractivity contribution in [2.24, 2.45) is 4.99 Å². The molecule has 1 aromatic rings. The predicted molar refractivity (Wildman–Crippen MR) is 76.8 cm³/mol. The van der Waals surface area contributed by atoms with Crippen LogP contribution in [-0.4, -0.2) is 22.9 Å². The number of benzene rings is 1. The number of ether oxygens (including phenoxy) is 1. The molecular formula is C16H16F2N2O.